The van der Waals surface area contributed by atoms with Gasteiger partial charge in [0.1, 0.15) is 4.75 Å². The van der Waals surface area contributed by atoms with Gasteiger partial charge in [0.25, 0.3) is 0 Å². The molecule has 1 aliphatic carbocycles. The lowest BCUT2D eigenvalue weighted by Gasteiger charge is -2.30. The average molecular weight is 216 g/mol. The molecule has 14 heavy (non-hydrogen) atoms. The Balaban J connectivity index is 2.50. The van der Waals surface area contributed by atoms with Crippen molar-refractivity contribution in [3.8, 4) is 0 Å². The van der Waals surface area contributed by atoms with Gasteiger partial charge in [0, 0.05) is 5.25 Å². The van der Waals surface area contributed by atoms with Gasteiger partial charge in [-0.25, -0.2) is 0 Å². The summed E-state index contributed by atoms with van der Waals surface area (Å²) in [6, 6.07) is 0. The molecule has 1 unspecified atom stereocenters. The predicted molar refractivity (Wildman–Crippen MR) is 60.8 cm³/mol. The van der Waals surface area contributed by atoms with Gasteiger partial charge in [-0.2, -0.15) is 0 Å². The summed E-state index contributed by atoms with van der Waals surface area (Å²) >= 11 is 1.68. The summed E-state index contributed by atoms with van der Waals surface area (Å²) in [4.78, 5) is 11.1. The molecule has 0 saturated heterocycles. The summed E-state index contributed by atoms with van der Waals surface area (Å²) < 4.78 is -0.567. The second-order valence-corrected chi connectivity index (χ2v) is 6.07. The summed E-state index contributed by atoms with van der Waals surface area (Å²) in [5.41, 5.74) is 0. The van der Waals surface area contributed by atoms with E-state index in [0.717, 1.165) is 0 Å². The van der Waals surface area contributed by atoms with Gasteiger partial charge >= 0.3 is 5.97 Å². The Labute approximate surface area is 90.5 Å². The Morgan fingerprint density at radius 1 is 1.43 bits per heavy atom. The van der Waals surface area contributed by atoms with Crippen LogP contribution in [0.5, 0.6) is 0 Å². The van der Waals surface area contributed by atoms with Gasteiger partial charge < -0.3 is 5.11 Å². The van der Waals surface area contributed by atoms with Crippen LogP contribution in [0.25, 0.3) is 0 Å². The van der Waals surface area contributed by atoms with Crippen molar-refractivity contribution in [3.05, 3.63) is 0 Å². The number of hydrogen-bond acceptors (Lipinski definition) is 2. The van der Waals surface area contributed by atoms with Crippen molar-refractivity contribution < 1.29 is 9.90 Å². The monoisotopic (exact) mass is 216 g/mol. The maximum absolute atomic E-state index is 11.1. The SMILES string of the molecule is CCC(C)(SC1CCCCC1)C(=O)O. The Hall–Kier alpha value is -0.180. The molecule has 2 nitrogen and oxygen atoms in total. The highest BCUT2D eigenvalue weighted by Crippen LogP contribution is 2.38. The topological polar surface area (TPSA) is 37.3 Å². The molecule has 0 spiro atoms. The Kier molecular flexibility index (Phi) is 4.30. The van der Waals surface area contributed by atoms with Crippen molar-refractivity contribution in [2.45, 2.75) is 62.4 Å². The summed E-state index contributed by atoms with van der Waals surface area (Å²) in [6.45, 7) is 3.82. The van der Waals surface area contributed by atoms with Gasteiger partial charge in [0.05, 0.1) is 0 Å². The first-order valence-corrected chi connectivity index (χ1v) is 6.37. The molecule has 0 aromatic heterocycles. The van der Waals surface area contributed by atoms with Crippen molar-refractivity contribution >= 4 is 17.7 Å². The highest BCUT2D eigenvalue weighted by Gasteiger charge is 2.34. The van der Waals surface area contributed by atoms with Gasteiger partial charge in [-0.05, 0) is 26.2 Å². The third kappa shape index (κ3) is 2.91. The van der Waals surface area contributed by atoms with E-state index in [2.05, 4.69) is 0 Å². The van der Waals surface area contributed by atoms with Crippen LogP contribution in [0.15, 0.2) is 0 Å². The van der Waals surface area contributed by atoms with Crippen LogP contribution in [0, 0.1) is 0 Å². The summed E-state index contributed by atoms with van der Waals surface area (Å²) in [6.07, 6.45) is 6.99. The van der Waals surface area contributed by atoms with E-state index in [1.54, 1.807) is 11.8 Å². The van der Waals surface area contributed by atoms with E-state index in [-0.39, 0.29) is 0 Å². The van der Waals surface area contributed by atoms with Crippen LogP contribution in [0.2, 0.25) is 0 Å². The number of aliphatic carboxylic acids is 1. The second kappa shape index (κ2) is 5.06. The molecular weight excluding hydrogens is 196 g/mol. The molecule has 0 bridgehead atoms. The van der Waals surface area contributed by atoms with E-state index in [4.69, 9.17) is 5.11 Å². The lowest BCUT2D eigenvalue weighted by Crippen LogP contribution is -2.33. The maximum Gasteiger partial charge on any atom is 0.319 e. The van der Waals surface area contributed by atoms with Gasteiger partial charge in [0.2, 0.25) is 0 Å². The minimum atomic E-state index is -0.657. The van der Waals surface area contributed by atoms with Gasteiger partial charge in [0.15, 0.2) is 0 Å². The lowest BCUT2D eigenvalue weighted by molar-refractivity contribution is -0.139. The summed E-state index contributed by atoms with van der Waals surface area (Å²) in [5, 5.41) is 9.72. The first kappa shape index (κ1) is 11.9. The van der Waals surface area contributed by atoms with E-state index in [1.165, 1.54) is 32.1 Å². The molecule has 0 aliphatic heterocycles. The van der Waals surface area contributed by atoms with Crippen molar-refractivity contribution in [1.82, 2.24) is 0 Å². The van der Waals surface area contributed by atoms with Crippen LogP contribution in [0.4, 0.5) is 0 Å². The van der Waals surface area contributed by atoms with Gasteiger partial charge in [-0.1, -0.05) is 26.2 Å². The van der Waals surface area contributed by atoms with E-state index in [0.29, 0.717) is 11.7 Å². The zero-order chi connectivity index (χ0) is 10.6. The van der Waals surface area contributed by atoms with Crippen LogP contribution < -0.4 is 0 Å². The molecule has 0 aromatic carbocycles. The van der Waals surface area contributed by atoms with Crippen molar-refractivity contribution in [2.24, 2.45) is 0 Å². The first-order valence-electron chi connectivity index (χ1n) is 5.49. The van der Waals surface area contributed by atoms with Gasteiger partial charge in [-0.15, -0.1) is 11.8 Å². The zero-order valence-electron chi connectivity index (χ0n) is 9.08. The van der Waals surface area contributed by atoms with Crippen molar-refractivity contribution in [3.63, 3.8) is 0 Å². The molecule has 0 radical (unpaired) electrons. The van der Waals surface area contributed by atoms with E-state index in [1.807, 2.05) is 13.8 Å². The minimum Gasteiger partial charge on any atom is -0.480 e. The number of carboxylic acids is 1. The number of carbonyl (C=O) groups is 1. The van der Waals surface area contributed by atoms with Crippen LogP contribution in [0.3, 0.4) is 0 Å². The van der Waals surface area contributed by atoms with Gasteiger partial charge in [-0.3, -0.25) is 4.79 Å². The third-order valence-electron chi connectivity index (χ3n) is 3.11. The molecule has 3 heteroatoms. The van der Waals surface area contributed by atoms with Crippen molar-refractivity contribution in [1.29, 1.82) is 0 Å². The fraction of sp³-hybridized carbons (Fsp3) is 0.909. The average Bonchev–Trinajstić information content (AvgIpc) is 2.19. The van der Waals surface area contributed by atoms with Crippen LogP contribution in [0.1, 0.15) is 52.4 Å². The van der Waals surface area contributed by atoms with E-state index >= 15 is 0 Å². The standard InChI is InChI=1S/C11H20O2S/c1-3-11(2,10(12)13)14-9-7-5-4-6-8-9/h9H,3-8H2,1-2H3,(H,12,13). The lowest BCUT2D eigenvalue weighted by atomic mass is 10.0. The fourth-order valence-corrected chi connectivity index (χ4v) is 3.41. The van der Waals surface area contributed by atoms with Crippen LogP contribution in [-0.4, -0.2) is 21.1 Å². The minimum absolute atomic E-state index is 0.567. The molecule has 0 heterocycles. The molecule has 1 aliphatic rings. The Bertz CT molecular complexity index is 199. The van der Waals surface area contributed by atoms with E-state index < -0.39 is 10.7 Å². The molecule has 1 rings (SSSR count). The molecule has 1 fully saturated rings. The molecule has 82 valence electrons. The Morgan fingerprint density at radius 2 is 2.00 bits per heavy atom. The first-order chi connectivity index (χ1) is 6.58. The summed E-state index contributed by atoms with van der Waals surface area (Å²) in [5.74, 6) is -0.657. The second-order valence-electron chi connectivity index (χ2n) is 4.27. The highest BCUT2D eigenvalue weighted by atomic mass is 32.2. The molecule has 1 saturated carbocycles. The molecule has 1 N–H and O–H groups in total. The number of rotatable bonds is 4. The fourth-order valence-electron chi connectivity index (χ4n) is 1.84. The quantitative estimate of drug-likeness (QED) is 0.783. The number of carboxylic acid groups (broad SMARTS) is 1. The summed E-state index contributed by atoms with van der Waals surface area (Å²) in [7, 11) is 0. The third-order valence-corrected chi connectivity index (χ3v) is 4.89. The molecule has 0 amide bonds. The van der Waals surface area contributed by atoms with Crippen molar-refractivity contribution in [2.75, 3.05) is 0 Å². The molecule has 1 atom stereocenters. The van der Waals surface area contributed by atoms with E-state index in [9.17, 15) is 4.79 Å². The number of hydrogen-bond donors (Lipinski definition) is 1. The smallest absolute Gasteiger partial charge is 0.319 e. The molecule has 0 aromatic rings. The maximum atomic E-state index is 11.1. The van der Waals surface area contributed by atoms with Crippen LogP contribution in [-0.2, 0) is 4.79 Å². The predicted octanol–water partition coefficient (Wildman–Crippen LogP) is 3.31. The highest BCUT2D eigenvalue weighted by molar-refractivity contribution is 8.01. The Morgan fingerprint density at radius 3 is 2.43 bits per heavy atom. The van der Waals surface area contributed by atoms with Crippen LogP contribution >= 0.6 is 11.8 Å². The molecular formula is C11H20O2S. The number of thioether (sulfide) groups is 1. The zero-order valence-corrected chi connectivity index (χ0v) is 9.90. The normalized spacial score (nSPS) is 23.0. The largest absolute Gasteiger partial charge is 0.480 e.